The maximum absolute atomic E-state index is 12.4. The number of halogens is 1. The van der Waals surface area contributed by atoms with Crippen molar-refractivity contribution >= 4 is 29.1 Å². The van der Waals surface area contributed by atoms with Crippen molar-refractivity contribution in [1.82, 2.24) is 5.32 Å². The molecule has 2 amide bonds. The van der Waals surface area contributed by atoms with E-state index in [1.807, 2.05) is 66.7 Å². The average molecular weight is 393 g/mol. The summed E-state index contributed by atoms with van der Waals surface area (Å²) in [5.74, 6) is -0.212. The Hall–Kier alpha value is -3.11. The SMILES string of the molecule is O=C(CCc1ccc(Cl)cc1)NCc1cccc(C(=O)Nc2ccccc2)c1. The van der Waals surface area contributed by atoms with Gasteiger partial charge in [0.25, 0.3) is 5.91 Å². The van der Waals surface area contributed by atoms with E-state index in [-0.39, 0.29) is 11.8 Å². The fraction of sp³-hybridized carbons (Fsp3) is 0.130. The van der Waals surface area contributed by atoms with Crippen molar-refractivity contribution in [2.45, 2.75) is 19.4 Å². The van der Waals surface area contributed by atoms with E-state index in [1.54, 1.807) is 12.1 Å². The molecule has 0 aliphatic heterocycles. The fourth-order valence-electron chi connectivity index (χ4n) is 2.75. The van der Waals surface area contributed by atoms with Crippen LogP contribution in [0.3, 0.4) is 0 Å². The van der Waals surface area contributed by atoms with Crippen molar-refractivity contribution in [3.8, 4) is 0 Å². The van der Waals surface area contributed by atoms with Crippen LogP contribution in [-0.4, -0.2) is 11.8 Å². The van der Waals surface area contributed by atoms with Crippen molar-refractivity contribution in [3.05, 3.63) is 101 Å². The number of aryl methyl sites for hydroxylation is 1. The number of carbonyl (C=O) groups excluding carboxylic acids is 2. The molecule has 0 aliphatic rings. The third-order valence-electron chi connectivity index (χ3n) is 4.26. The number of nitrogens with one attached hydrogen (secondary N) is 2. The van der Waals surface area contributed by atoms with Crippen LogP contribution in [0.5, 0.6) is 0 Å². The van der Waals surface area contributed by atoms with Crippen LogP contribution in [0.1, 0.15) is 27.9 Å². The molecule has 3 aromatic rings. The number of hydrogen-bond donors (Lipinski definition) is 2. The summed E-state index contributed by atoms with van der Waals surface area (Å²) in [5.41, 5.74) is 3.24. The number of carbonyl (C=O) groups is 2. The Kier molecular flexibility index (Phi) is 6.82. The van der Waals surface area contributed by atoms with Gasteiger partial charge in [-0.2, -0.15) is 0 Å². The molecule has 0 aromatic heterocycles. The van der Waals surface area contributed by atoms with Gasteiger partial charge in [0.1, 0.15) is 0 Å². The van der Waals surface area contributed by atoms with Crippen molar-refractivity contribution < 1.29 is 9.59 Å². The number of para-hydroxylation sites is 1. The number of amides is 2. The summed E-state index contributed by atoms with van der Waals surface area (Å²) in [6.45, 7) is 0.381. The second-order valence-electron chi connectivity index (χ2n) is 6.42. The van der Waals surface area contributed by atoms with Gasteiger partial charge >= 0.3 is 0 Å². The Morgan fingerprint density at radius 3 is 2.32 bits per heavy atom. The molecule has 0 heterocycles. The Morgan fingerprint density at radius 1 is 0.821 bits per heavy atom. The molecule has 0 radical (unpaired) electrons. The van der Waals surface area contributed by atoms with Crippen molar-refractivity contribution in [2.75, 3.05) is 5.32 Å². The minimum atomic E-state index is -0.179. The van der Waals surface area contributed by atoms with Crippen LogP contribution in [0, 0.1) is 0 Å². The van der Waals surface area contributed by atoms with E-state index >= 15 is 0 Å². The molecule has 0 fully saturated rings. The van der Waals surface area contributed by atoms with Gasteiger partial charge in [0.2, 0.25) is 5.91 Å². The van der Waals surface area contributed by atoms with E-state index in [9.17, 15) is 9.59 Å². The third kappa shape index (κ3) is 5.96. The number of anilines is 1. The molecule has 0 saturated carbocycles. The summed E-state index contributed by atoms with van der Waals surface area (Å²) < 4.78 is 0. The zero-order valence-electron chi connectivity index (χ0n) is 15.3. The first kappa shape index (κ1) is 19.6. The van der Waals surface area contributed by atoms with Crippen molar-refractivity contribution in [1.29, 1.82) is 0 Å². The summed E-state index contributed by atoms with van der Waals surface area (Å²) >= 11 is 5.86. The Morgan fingerprint density at radius 2 is 1.57 bits per heavy atom. The van der Waals surface area contributed by atoms with Crippen LogP contribution in [0.2, 0.25) is 5.02 Å². The summed E-state index contributed by atoms with van der Waals surface area (Å²) in [7, 11) is 0. The first-order valence-electron chi connectivity index (χ1n) is 9.06. The van der Waals surface area contributed by atoms with Crippen LogP contribution in [-0.2, 0) is 17.8 Å². The van der Waals surface area contributed by atoms with Gasteiger partial charge in [0.05, 0.1) is 0 Å². The van der Waals surface area contributed by atoms with Gasteiger partial charge in [-0.15, -0.1) is 0 Å². The monoisotopic (exact) mass is 392 g/mol. The molecule has 28 heavy (non-hydrogen) atoms. The minimum absolute atomic E-state index is 0.0332. The van der Waals surface area contributed by atoms with E-state index in [2.05, 4.69) is 10.6 Å². The minimum Gasteiger partial charge on any atom is -0.352 e. The molecule has 2 N–H and O–H groups in total. The fourth-order valence-corrected chi connectivity index (χ4v) is 2.87. The summed E-state index contributed by atoms with van der Waals surface area (Å²) in [6, 6.07) is 24.0. The van der Waals surface area contributed by atoms with Gasteiger partial charge in [0.15, 0.2) is 0 Å². The molecule has 0 spiro atoms. The molecule has 0 aliphatic carbocycles. The van der Waals surface area contributed by atoms with Crippen molar-refractivity contribution in [3.63, 3.8) is 0 Å². The Balaban J connectivity index is 1.50. The lowest BCUT2D eigenvalue weighted by Crippen LogP contribution is -2.23. The van der Waals surface area contributed by atoms with E-state index in [1.165, 1.54) is 0 Å². The molecular formula is C23H21ClN2O2. The number of benzene rings is 3. The van der Waals surface area contributed by atoms with Crippen LogP contribution < -0.4 is 10.6 Å². The molecule has 0 unspecified atom stereocenters. The first-order chi connectivity index (χ1) is 13.6. The molecule has 3 aromatic carbocycles. The highest BCUT2D eigenvalue weighted by molar-refractivity contribution is 6.30. The quantitative estimate of drug-likeness (QED) is 0.604. The predicted octanol–water partition coefficient (Wildman–Crippen LogP) is 4.84. The lowest BCUT2D eigenvalue weighted by atomic mass is 10.1. The smallest absolute Gasteiger partial charge is 0.255 e. The number of rotatable bonds is 7. The molecular weight excluding hydrogens is 372 g/mol. The Labute approximate surface area is 169 Å². The van der Waals surface area contributed by atoms with Gasteiger partial charge in [-0.3, -0.25) is 9.59 Å². The zero-order chi connectivity index (χ0) is 19.8. The molecule has 4 nitrogen and oxygen atoms in total. The predicted molar refractivity (Wildman–Crippen MR) is 112 cm³/mol. The maximum Gasteiger partial charge on any atom is 0.255 e. The second-order valence-corrected chi connectivity index (χ2v) is 6.86. The third-order valence-corrected chi connectivity index (χ3v) is 4.52. The normalized spacial score (nSPS) is 10.3. The van der Waals surface area contributed by atoms with Crippen LogP contribution >= 0.6 is 11.6 Å². The average Bonchev–Trinajstić information content (AvgIpc) is 2.73. The first-order valence-corrected chi connectivity index (χ1v) is 9.44. The highest BCUT2D eigenvalue weighted by Crippen LogP contribution is 2.12. The highest BCUT2D eigenvalue weighted by atomic mass is 35.5. The summed E-state index contributed by atoms with van der Waals surface area (Å²) in [6.07, 6.45) is 1.05. The molecule has 0 atom stereocenters. The van der Waals surface area contributed by atoms with Crippen LogP contribution in [0.4, 0.5) is 5.69 Å². The van der Waals surface area contributed by atoms with Crippen molar-refractivity contribution in [2.24, 2.45) is 0 Å². The van der Waals surface area contributed by atoms with E-state index in [4.69, 9.17) is 11.6 Å². The van der Waals surface area contributed by atoms with Gasteiger partial charge in [-0.1, -0.05) is 54.1 Å². The maximum atomic E-state index is 12.4. The largest absolute Gasteiger partial charge is 0.352 e. The summed E-state index contributed by atoms with van der Waals surface area (Å²) in [5, 5.41) is 6.44. The Bertz CT molecular complexity index is 940. The highest BCUT2D eigenvalue weighted by Gasteiger charge is 2.08. The molecule has 5 heteroatoms. The second kappa shape index (κ2) is 9.72. The van der Waals surface area contributed by atoms with Crippen LogP contribution in [0.15, 0.2) is 78.9 Å². The topological polar surface area (TPSA) is 58.2 Å². The zero-order valence-corrected chi connectivity index (χ0v) is 16.1. The number of hydrogen-bond acceptors (Lipinski definition) is 2. The van der Waals surface area contributed by atoms with Gasteiger partial charge < -0.3 is 10.6 Å². The van der Waals surface area contributed by atoms with Gasteiger partial charge in [-0.25, -0.2) is 0 Å². The van der Waals surface area contributed by atoms with E-state index in [0.29, 0.717) is 30.0 Å². The summed E-state index contributed by atoms with van der Waals surface area (Å²) in [4.78, 5) is 24.5. The van der Waals surface area contributed by atoms with Gasteiger partial charge in [-0.05, 0) is 53.9 Å². The van der Waals surface area contributed by atoms with Gasteiger partial charge in [0, 0.05) is 29.2 Å². The van der Waals surface area contributed by atoms with E-state index in [0.717, 1.165) is 16.8 Å². The van der Waals surface area contributed by atoms with Crippen LogP contribution in [0.25, 0.3) is 0 Å². The standard InChI is InChI=1S/C23H21ClN2O2/c24-20-12-9-17(10-13-20)11-14-22(27)25-16-18-5-4-6-19(15-18)23(28)26-21-7-2-1-3-8-21/h1-10,12-13,15H,11,14,16H2,(H,25,27)(H,26,28). The molecule has 0 saturated heterocycles. The molecule has 0 bridgehead atoms. The lowest BCUT2D eigenvalue weighted by Gasteiger charge is -2.08. The lowest BCUT2D eigenvalue weighted by molar-refractivity contribution is -0.121. The molecule has 142 valence electrons. The van der Waals surface area contributed by atoms with E-state index < -0.39 is 0 Å². The molecule has 3 rings (SSSR count).